The van der Waals surface area contributed by atoms with E-state index in [1.807, 2.05) is 7.05 Å². The molecular weight excluding hydrogens is 246 g/mol. The monoisotopic (exact) mass is 271 g/mol. The van der Waals surface area contributed by atoms with Crippen LogP contribution in [0.3, 0.4) is 0 Å². The van der Waals surface area contributed by atoms with Gasteiger partial charge in [-0.1, -0.05) is 26.0 Å². The number of hydrogen-bond donors (Lipinski definition) is 1. The van der Waals surface area contributed by atoms with Crippen molar-refractivity contribution in [2.24, 2.45) is 7.05 Å². The molecule has 2 aromatic rings. The summed E-state index contributed by atoms with van der Waals surface area (Å²) < 4.78 is 2.08. The van der Waals surface area contributed by atoms with Gasteiger partial charge in [0.05, 0.1) is 0 Å². The van der Waals surface area contributed by atoms with Gasteiger partial charge in [-0.3, -0.25) is 4.90 Å². The number of nitrogens with zero attached hydrogens (tertiary/aromatic N) is 2. The number of anilines is 1. The minimum absolute atomic E-state index is 0.871. The van der Waals surface area contributed by atoms with Crippen LogP contribution in [0, 0.1) is 0 Å². The van der Waals surface area contributed by atoms with Crippen molar-refractivity contribution in [3.05, 3.63) is 53.9 Å². The number of aromatic nitrogens is 1. The molecule has 1 N–H and O–H groups in total. The fraction of sp³-hybridized carbons (Fsp3) is 0.412. The van der Waals surface area contributed by atoms with Gasteiger partial charge in [0.2, 0.25) is 0 Å². The van der Waals surface area contributed by atoms with E-state index in [1.54, 1.807) is 0 Å². The number of nitrogens with one attached hydrogen (secondary N) is 1. The van der Waals surface area contributed by atoms with Crippen LogP contribution in [0.5, 0.6) is 0 Å². The fourth-order valence-corrected chi connectivity index (χ4v) is 2.35. The first kappa shape index (κ1) is 14.7. The molecule has 3 heteroatoms. The quantitative estimate of drug-likeness (QED) is 0.832. The maximum absolute atomic E-state index is 3.49. The van der Waals surface area contributed by atoms with E-state index in [9.17, 15) is 0 Å². The predicted octanol–water partition coefficient (Wildman–Crippen LogP) is 3.48. The third-order valence-corrected chi connectivity index (χ3v) is 3.62. The van der Waals surface area contributed by atoms with Crippen molar-refractivity contribution in [1.82, 2.24) is 9.47 Å². The highest BCUT2D eigenvalue weighted by Crippen LogP contribution is 2.14. The lowest BCUT2D eigenvalue weighted by molar-refractivity contribution is 0.296. The molecule has 1 aromatic heterocycles. The van der Waals surface area contributed by atoms with Crippen LogP contribution in [0.25, 0.3) is 0 Å². The molecule has 2 rings (SSSR count). The third-order valence-electron chi connectivity index (χ3n) is 3.62. The van der Waals surface area contributed by atoms with Crippen molar-refractivity contribution < 1.29 is 0 Å². The van der Waals surface area contributed by atoms with Gasteiger partial charge in [0, 0.05) is 38.2 Å². The van der Waals surface area contributed by atoms with Crippen LogP contribution in [-0.2, 0) is 20.1 Å². The second kappa shape index (κ2) is 7.15. The molecule has 20 heavy (non-hydrogen) atoms. The Morgan fingerprint density at radius 1 is 1.10 bits per heavy atom. The van der Waals surface area contributed by atoms with Gasteiger partial charge in [-0.15, -0.1) is 0 Å². The Labute approximate surface area is 122 Å². The normalized spacial score (nSPS) is 11.0. The predicted molar refractivity (Wildman–Crippen MR) is 85.8 cm³/mol. The molecule has 0 radical (unpaired) electrons. The van der Waals surface area contributed by atoms with Crippen molar-refractivity contribution in [3.8, 4) is 0 Å². The molecular formula is C17H25N3. The first-order chi connectivity index (χ1) is 9.71. The molecule has 0 unspecified atom stereocenters. The highest BCUT2D eigenvalue weighted by molar-refractivity contribution is 5.46. The minimum atomic E-state index is 0.871. The van der Waals surface area contributed by atoms with E-state index in [0.29, 0.717) is 0 Å². The summed E-state index contributed by atoms with van der Waals surface area (Å²) >= 11 is 0. The van der Waals surface area contributed by atoms with Crippen LogP contribution < -0.4 is 5.32 Å². The van der Waals surface area contributed by atoms with Crippen molar-refractivity contribution in [2.75, 3.05) is 18.4 Å². The molecule has 1 aromatic carbocycles. The minimum Gasteiger partial charge on any atom is -0.381 e. The summed E-state index contributed by atoms with van der Waals surface area (Å²) in [6.07, 6.45) is 4.22. The van der Waals surface area contributed by atoms with Gasteiger partial charge in [-0.05, 0) is 42.4 Å². The number of hydrogen-bond acceptors (Lipinski definition) is 2. The Morgan fingerprint density at radius 2 is 1.90 bits per heavy atom. The second-order valence-corrected chi connectivity index (χ2v) is 5.20. The van der Waals surface area contributed by atoms with Crippen LogP contribution in [0.4, 0.5) is 5.69 Å². The van der Waals surface area contributed by atoms with E-state index in [1.165, 1.54) is 16.8 Å². The second-order valence-electron chi connectivity index (χ2n) is 5.20. The maximum atomic E-state index is 3.49. The zero-order chi connectivity index (χ0) is 14.4. The Bertz CT molecular complexity index is 527. The summed E-state index contributed by atoms with van der Waals surface area (Å²) in [7, 11) is 2.05. The van der Waals surface area contributed by atoms with Crippen LogP contribution in [0.2, 0.25) is 0 Å². The van der Waals surface area contributed by atoms with E-state index in [2.05, 4.69) is 71.4 Å². The fourth-order valence-electron chi connectivity index (χ4n) is 2.35. The van der Waals surface area contributed by atoms with E-state index >= 15 is 0 Å². The van der Waals surface area contributed by atoms with Crippen molar-refractivity contribution >= 4 is 5.69 Å². The zero-order valence-electron chi connectivity index (χ0n) is 12.8. The first-order valence-electron chi connectivity index (χ1n) is 7.37. The molecule has 0 atom stereocenters. The summed E-state index contributed by atoms with van der Waals surface area (Å²) in [6, 6.07) is 10.9. The Kier molecular flexibility index (Phi) is 5.24. The molecule has 0 spiro atoms. The van der Waals surface area contributed by atoms with E-state index in [-0.39, 0.29) is 0 Å². The largest absolute Gasteiger partial charge is 0.381 e. The van der Waals surface area contributed by atoms with Crippen LogP contribution in [-0.4, -0.2) is 22.6 Å². The Balaban J connectivity index is 1.95. The maximum Gasteiger partial charge on any atom is 0.0415 e. The van der Waals surface area contributed by atoms with Gasteiger partial charge in [-0.25, -0.2) is 0 Å². The van der Waals surface area contributed by atoms with Gasteiger partial charge in [0.25, 0.3) is 0 Å². The van der Waals surface area contributed by atoms with Crippen molar-refractivity contribution in [2.45, 2.75) is 26.9 Å². The van der Waals surface area contributed by atoms with Gasteiger partial charge in [-0.2, -0.15) is 0 Å². The van der Waals surface area contributed by atoms with Gasteiger partial charge in [0.1, 0.15) is 0 Å². The molecule has 0 fully saturated rings. The van der Waals surface area contributed by atoms with Gasteiger partial charge in [0.15, 0.2) is 0 Å². The molecule has 0 amide bonds. The highest BCUT2D eigenvalue weighted by atomic mass is 15.1. The number of rotatable bonds is 7. The lowest BCUT2D eigenvalue weighted by Crippen LogP contribution is -2.22. The van der Waals surface area contributed by atoms with E-state index in [0.717, 1.165) is 26.2 Å². The molecule has 0 saturated heterocycles. The summed E-state index contributed by atoms with van der Waals surface area (Å²) in [5, 5.41) is 3.49. The summed E-state index contributed by atoms with van der Waals surface area (Å²) in [5.74, 6) is 0. The average molecular weight is 271 g/mol. The molecule has 0 aliphatic carbocycles. The van der Waals surface area contributed by atoms with Crippen LogP contribution in [0.15, 0.2) is 42.7 Å². The van der Waals surface area contributed by atoms with E-state index in [4.69, 9.17) is 0 Å². The van der Waals surface area contributed by atoms with Gasteiger partial charge >= 0.3 is 0 Å². The Morgan fingerprint density at radius 3 is 2.55 bits per heavy atom. The molecule has 1 heterocycles. The standard InChI is InChI=1S/C17H25N3/c1-4-20(5-2)14-15-7-6-8-17(11-15)18-12-16-9-10-19(3)13-16/h6-11,13,18H,4-5,12,14H2,1-3H3. The molecule has 0 aliphatic heterocycles. The topological polar surface area (TPSA) is 20.2 Å². The smallest absolute Gasteiger partial charge is 0.0415 e. The summed E-state index contributed by atoms with van der Waals surface area (Å²) in [6.45, 7) is 8.50. The molecule has 0 saturated carbocycles. The van der Waals surface area contributed by atoms with Crippen LogP contribution in [0.1, 0.15) is 25.0 Å². The zero-order valence-corrected chi connectivity index (χ0v) is 12.8. The SMILES string of the molecule is CCN(CC)Cc1cccc(NCc2ccn(C)c2)c1. The number of benzene rings is 1. The molecule has 0 aliphatic rings. The first-order valence-corrected chi connectivity index (χ1v) is 7.37. The lowest BCUT2D eigenvalue weighted by Gasteiger charge is -2.18. The molecule has 3 nitrogen and oxygen atoms in total. The van der Waals surface area contributed by atoms with Gasteiger partial charge < -0.3 is 9.88 Å². The Hall–Kier alpha value is -1.74. The van der Waals surface area contributed by atoms with Crippen molar-refractivity contribution in [1.29, 1.82) is 0 Å². The highest BCUT2D eigenvalue weighted by Gasteiger charge is 2.02. The molecule has 108 valence electrons. The summed E-state index contributed by atoms with van der Waals surface area (Å²) in [4.78, 5) is 2.43. The average Bonchev–Trinajstić information content (AvgIpc) is 2.89. The lowest BCUT2D eigenvalue weighted by atomic mass is 10.2. The van der Waals surface area contributed by atoms with Crippen molar-refractivity contribution in [3.63, 3.8) is 0 Å². The third kappa shape index (κ3) is 4.14. The summed E-state index contributed by atoms with van der Waals surface area (Å²) in [5.41, 5.74) is 3.87. The number of aryl methyl sites for hydroxylation is 1. The van der Waals surface area contributed by atoms with Crippen LogP contribution >= 0.6 is 0 Å². The molecule has 0 bridgehead atoms. The van der Waals surface area contributed by atoms with E-state index < -0.39 is 0 Å².